The van der Waals surface area contributed by atoms with E-state index in [1.165, 1.54) is 24.3 Å². The average molecular weight is 356 g/mol. The van der Waals surface area contributed by atoms with Crippen LogP contribution in [0.1, 0.15) is 34.7 Å². The lowest BCUT2D eigenvalue weighted by Gasteiger charge is -2.29. The molecule has 2 unspecified atom stereocenters. The summed E-state index contributed by atoms with van der Waals surface area (Å²) in [7, 11) is 0. The number of hydrogen-bond acceptors (Lipinski definition) is 2. The van der Waals surface area contributed by atoms with E-state index in [0.717, 1.165) is 31.5 Å². The molecule has 2 atom stereocenters. The van der Waals surface area contributed by atoms with Crippen LogP contribution in [0.4, 0.5) is 8.78 Å². The van der Waals surface area contributed by atoms with Crippen molar-refractivity contribution in [3.63, 3.8) is 0 Å². The average Bonchev–Trinajstić information content (AvgIpc) is 3.38. The number of nitrogens with zero attached hydrogens (tertiary/aromatic N) is 1. The fourth-order valence-electron chi connectivity index (χ4n) is 3.85. The molecule has 1 N–H and O–H groups in total. The lowest BCUT2D eigenvalue weighted by atomic mass is 9.88. The minimum atomic E-state index is -0.390. The van der Waals surface area contributed by atoms with Gasteiger partial charge in [-0.25, -0.2) is 8.78 Å². The van der Waals surface area contributed by atoms with Crippen molar-refractivity contribution in [1.82, 2.24) is 10.2 Å². The smallest absolute Gasteiger partial charge is 0.254 e. The molecule has 0 aromatic heterocycles. The van der Waals surface area contributed by atoms with Crippen LogP contribution in [0, 0.1) is 17.6 Å². The van der Waals surface area contributed by atoms with E-state index in [1.54, 1.807) is 12.1 Å². The van der Waals surface area contributed by atoms with E-state index in [9.17, 15) is 13.6 Å². The highest BCUT2D eigenvalue weighted by Gasteiger charge is 2.38. The van der Waals surface area contributed by atoms with Gasteiger partial charge in [-0.05, 0) is 54.7 Å². The molecule has 0 bridgehead atoms. The van der Waals surface area contributed by atoms with E-state index < -0.39 is 5.82 Å². The molecule has 2 aliphatic rings. The number of amides is 1. The van der Waals surface area contributed by atoms with E-state index in [4.69, 9.17) is 0 Å². The Balaban J connectivity index is 1.52. The van der Waals surface area contributed by atoms with Gasteiger partial charge in [-0.2, -0.15) is 0 Å². The summed E-state index contributed by atoms with van der Waals surface area (Å²) in [5.41, 5.74) is 1.50. The fraction of sp³-hybridized carbons (Fsp3) is 0.381. The van der Waals surface area contributed by atoms with Gasteiger partial charge in [0.15, 0.2) is 0 Å². The van der Waals surface area contributed by atoms with Crippen molar-refractivity contribution in [3.8, 4) is 0 Å². The quantitative estimate of drug-likeness (QED) is 0.888. The molecule has 3 nitrogen and oxygen atoms in total. The number of carbonyl (C=O) groups excluding carboxylic acids is 1. The Morgan fingerprint density at radius 3 is 2.50 bits per heavy atom. The molecule has 5 heteroatoms. The van der Waals surface area contributed by atoms with E-state index in [-0.39, 0.29) is 29.6 Å². The second kappa shape index (κ2) is 7.16. The molecule has 4 rings (SSSR count). The highest BCUT2D eigenvalue weighted by Crippen LogP contribution is 2.34. The summed E-state index contributed by atoms with van der Waals surface area (Å²) >= 11 is 0. The lowest BCUT2D eigenvalue weighted by molar-refractivity contribution is 0.0713. The van der Waals surface area contributed by atoms with Crippen molar-refractivity contribution in [3.05, 3.63) is 71.3 Å². The van der Waals surface area contributed by atoms with Crippen molar-refractivity contribution >= 4 is 5.91 Å². The van der Waals surface area contributed by atoms with E-state index >= 15 is 0 Å². The Hall–Kier alpha value is -2.27. The van der Waals surface area contributed by atoms with Gasteiger partial charge in [0.1, 0.15) is 11.6 Å². The van der Waals surface area contributed by atoms with Crippen molar-refractivity contribution in [2.24, 2.45) is 5.92 Å². The van der Waals surface area contributed by atoms with Crippen molar-refractivity contribution in [2.45, 2.75) is 24.8 Å². The zero-order valence-electron chi connectivity index (χ0n) is 14.5. The van der Waals surface area contributed by atoms with Crippen molar-refractivity contribution in [2.75, 3.05) is 19.6 Å². The SMILES string of the molecule is O=C(c1cccc(F)c1)N(CC1CNCC1c1ccc(F)cc1)C1CC1. The molecule has 1 saturated heterocycles. The van der Waals surface area contributed by atoms with Gasteiger partial charge < -0.3 is 10.2 Å². The Morgan fingerprint density at radius 2 is 1.81 bits per heavy atom. The first-order valence-corrected chi connectivity index (χ1v) is 9.14. The minimum absolute atomic E-state index is 0.100. The number of carbonyl (C=O) groups is 1. The zero-order chi connectivity index (χ0) is 18.1. The van der Waals surface area contributed by atoms with Crippen molar-refractivity contribution < 1.29 is 13.6 Å². The highest BCUT2D eigenvalue weighted by atomic mass is 19.1. The van der Waals surface area contributed by atoms with Gasteiger partial charge in [0.2, 0.25) is 0 Å². The van der Waals surface area contributed by atoms with Gasteiger partial charge >= 0.3 is 0 Å². The Bertz CT molecular complexity index is 789. The number of hydrogen-bond donors (Lipinski definition) is 1. The number of rotatable bonds is 5. The van der Waals surface area contributed by atoms with Crippen LogP contribution in [-0.4, -0.2) is 36.5 Å². The van der Waals surface area contributed by atoms with Crippen LogP contribution in [0.5, 0.6) is 0 Å². The van der Waals surface area contributed by atoms with Gasteiger partial charge in [-0.1, -0.05) is 18.2 Å². The minimum Gasteiger partial charge on any atom is -0.335 e. The standard InChI is InChI=1S/C21H22F2N2O/c22-17-6-4-14(5-7-17)20-12-24-11-16(20)13-25(19-8-9-19)21(26)15-2-1-3-18(23)10-15/h1-7,10,16,19-20,24H,8-9,11-13H2. The molecule has 1 aliphatic carbocycles. The largest absolute Gasteiger partial charge is 0.335 e. The van der Waals surface area contributed by atoms with Crippen LogP contribution in [0.3, 0.4) is 0 Å². The molecule has 2 fully saturated rings. The van der Waals surface area contributed by atoms with Gasteiger partial charge in [0.25, 0.3) is 5.91 Å². The number of nitrogens with one attached hydrogen (secondary N) is 1. The highest BCUT2D eigenvalue weighted by molar-refractivity contribution is 5.94. The molecule has 136 valence electrons. The normalized spacial score (nSPS) is 22.4. The first-order valence-electron chi connectivity index (χ1n) is 9.14. The molecular formula is C21H22F2N2O. The molecule has 1 heterocycles. The van der Waals surface area contributed by atoms with Crippen LogP contribution in [-0.2, 0) is 0 Å². The summed E-state index contributed by atoms with van der Waals surface area (Å²) in [5.74, 6) is -0.219. The summed E-state index contributed by atoms with van der Waals surface area (Å²) in [6, 6.07) is 12.8. The molecular weight excluding hydrogens is 334 g/mol. The molecule has 26 heavy (non-hydrogen) atoms. The second-order valence-corrected chi connectivity index (χ2v) is 7.28. The first-order chi connectivity index (χ1) is 12.6. The van der Waals surface area contributed by atoms with E-state index in [2.05, 4.69) is 5.32 Å². The monoisotopic (exact) mass is 356 g/mol. The maximum atomic E-state index is 13.5. The van der Waals surface area contributed by atoms with Gasteiger partial charge in [0.05, 0.1) is 0 Å². The molecule has 1 saturated carbocycles. The number of halogens is 2. The predicted molar refractivity (Wildman–Crippen MR) is 96.0 cm³/mol. The third-order valence-corrected chi connectivity index (χ3v) is 5.39. The summed E-state index contributed by atoms with van der Waals surface area (Å²) in [6.07, 6.45) is 2.00. The number of benzene rings is 2. The Morgan fingerprint density at radius 1 is 1.04 bits per heavy atom. The molecule has 0 radical (unpaired) electrons. The van der Waals surface area contributed by atoms with Crippen LogP contribution in [0.2, 0.25) is 0 Å². The zero-order valence-corrected chi connectivity index (χ0v) is 14.5. The summed E-state index contributed by atoms with van der Waals surface area (Å²) in [5, 5.41) is 3.40. The first kappa shape index (κ1) is 17.2. The maximum absolute atomic E-state index is 13.5. The van der Waals surface area contributed by atoms with E-state index in [0.29, 0.717) is 12.1 Å². The molecule has 1 aliphatic heterocycles. The topological polar surface area (TPSA) is 32.3 Å². The second-order valence-electron chi connectivity index (χ2n) is 7.28. The molecule has 2 aromatic carbocycles. The van der Waals surface area contributed by atoms with E-state index in [1.807, 2.05) is 17.0 Å². The molecule has 1 amide bonds. The Labute approximate surface area is 152 Å². The van der Waals surface area contributed by atoms with Crippen LogP contribution in [0.25, 0.3) is 0 Å². The molecule has 2 aromatic rings. The van der Waals surface area contributed by atoms with Gasteiger partial charge in [-0.3, -0.25) is 4.79 Å². The molecule has 0 spiro atoms. The Kier molecular flexibility index (Phi) is 4.72. The maximum Gasteiger partial charge on any atom is 0.254 e. The van der Waals surface area contributed by atoms with Crippen LogP contribution in [0.15, 0.2) is 48.5 Å². The third-order valence-electron chi connectivity index (χ3n) is 5.39. The predicted octanol–water partition coefficient (Wildman–Crippen LogP) is 3.57. The lowest BCUT2D eigenvalue weighted by Crippen LogP contribution is -2.39. The van der Waals surface area contributed by atoms with Gasteiger partial charge in [0, 0.05) is 37.2 Å². The summed E-state index contributed by atoms with van der Waals surface area (Å²) in [6.45, 7) is 2.28. The van der Waals surface area contributed by atoms with Gasteiger partial charge in [-0.15, -0.1) is 0 Å². The van der Waals surface area contributed by atoms with Crippen LogP contribution < -0.4 is 5.32 Å². The van der Waals surface area contributed by atoms with Crippen molar-refractivity contribution in [1.29, 1.82) is 0 Å². The summed E-state index contributed by atoms with van der Waals surface area (Å²) in [4.78, 5) is 14.8. The third kappa shape index (κ3) is 3.63. The fourth-order valence-corrected chi connectivity index (χ4v) is 3.85. The summed E-state index contributed by atoms with van der Waals surface area (Å²) < 4.78 is 26.7. The van der Waals surface area contributed by atoms with Crippen LogP contribution >= 0.6 is 0 Å².